The van der Waals surface area contributed by atoms with Gasteiger partial charge in [-0.25, -0.2) is 4.79 Å². The van der Waals surface area contributed by atoms with Gasteiger partial charge < -0.3 is 15.3 Å². The Morgan fingerprint density at radius 3 is 2.63 bits per heavy atom. The summed E-state index contributed by atoms with van der Waals surface area (Å²) in [6, 6.07) is 5.54. The molecule has 1 aromatic carbocycles. The lowest BCUT2D eigenvalue weighted by Gasteiger charge is -2.43. The first-order chi connectivity index (χ1) is 12.7. The van der Waals surface area contributed by atoms with Gasteiger partial charge in [0.25, 0.3) is 5.91 Å². The number of hydrogen-bond acceptors (Lipinski definition) is 5. The minimum Gasteiger partial charge on any atom is -0.480 e. The lowest BCUT2D eigenvalue weighted by atomic mass is 9.96. The molecule has 2 saturated heterocycles. The second kappa shape index (κ2) is 7.41. The van der Waals surface area contributed by atoms with E-state index < -0.39 is 22.8 Å². The van der Waals surface area contributed by atoms with Crippen LogP contribution in [0.15, 0.2) is 29.2 Å². The number of rotatable bonds is 5. The highest BCUT2D eigenvalue weighted by atomic mass is 35.5. The summed E-state index contributed by atoms with van der Waals surface area (Å²) in [5.41, 5.74) is 0.711. The number of β-lactam (4-membered cyclic amide) rings is 1. The second-order valence-electron chi connectivity index (χ2n) is 6.78. The summed E-state index contributed by atoms with van der Waals surface area (Å²) < 4.78 is -0.624. The molecule has 9 heteroatoms. The molecule has 0 spiro atoms. The third-order valence-corrected chi connectivity index (χ3v) is 7.26. The van der Waals surface area contributed by atoms with E-state index in [1.54, 1.807) is 44.4 Å². The van der Waals surface area contributed by atoms with Crippen LogP contribution in [0, 0.1) is 0 Å². The summed E-state index contributed by atoms with van der Waals surface area (Å²) in [5, 5.41) is 12.4. The Hall–Kier alpha value is -1.64. The van der Waals surface area contributed by atoms with Crippen molar-refractivity contribution in [1.29, 1.82) is 0 Å². The Kier molecular flexibility index (Phi) is 5.52. The van der Waals surface area contributed by atoms with E-state index in [-0.39, 0.29) is 17.2 Å². The first kappa shape index (κ1) is 20.1. The number of nitrogens with zero attached hydrogens (tertiary/aromatic N) is 1. The molecule has 0 aromatic heterocycles. The largest absolute Gasteiger partial charge is 0.480 e. The zero-order valence-electron chi connectivity index (χ0n) is 14.9. The SMILES string of the molecule is CS/C(=C/c1ccccc1Cl)C(=O)N[C@H]1C(=O)N2[C@H]1SC(C)(C)[C@H]2C(=O)O. The lowest BCUT2D eigenvalue weighted by Crippen LogP contribution is -2.70. The standard InChI is InChI=1S/C18H19ClN2O4S2/c1-18(2)13(17(24)25)21-15(23)12(16(21)27-18)20-14(22)11(26-3)8-9-6-4-5-7-10(9)19/h4-8,12-13,16H,1-3H3,(H,20,22)(H,24,25)/b11-8+/t12-,13+,16-/m0/s1. The molecule has 2 aliphatic heterocycles. The minimum absolute atomic E-state index is 0.364. The van der Waals surface area contributed by atoms with Crippen molar-refractivity contribution in [1.82, 2.24) is 10.2 Å². The molecule has 2 N–H and O–H groups in total. The normalized spacial score (nSPS) is 26.4. The van der Waals surface area contributed by atoms with Crippen LogP contribution in [0.2, 0.25) is 5.02 Å². The van der Waals surface area contributed by atoms with Crippen molar-refractivity contribution in [2.45, 2.75) is 36.1 Å². The average molecular weight is 427 g/mol. The molecule has 27 heavy (non-hydrogen) atoms. The Bertz CT molecular complexity index is 842. The molecule has 0 aliphatic carbocycles. The molecule has 6 nitrogen and oxygen atoms in total. The fourth-order valence-corrected chi connectivity index (χ4v) is 5.61. The second-order valence-corrected chi connectivity index (χ2v) is 9.81. The van der Waals surface area contributed by atoms with Gasteiger partial charge in [-0.15, -0.1) is 23.5 Å². The van der Waals surface area contributed by atoms with Crippen LogP contribution in [0.5, 0.6) is 0 Å². The topological polar surface area (TPSA) is 86.7 Å². The molecule has 2 fully saturated rings. The predicted molar refractivity (Wildman–Crippen MR) is 109 cm³/mol. The molecule has 144 valence electrons. The van der Waals surface area contributed by atoms with Crippen molar-refractivity contribution in [2.75, 3.05) is 6.26 Å². The van der Waals surface area contributed by atoms with E-state index in [0.29, 0.717) is 15.5 Å². The molecule has 3 atom stereocenters. The number of aliphatic carboxylic acids is 1. The number of halogens is 1. The van der Waals surface area contributed by atoms with Crippen LogP contribution < -0.4 is 5.32 Å². The van der Waals surface area contributed by atoms with E-state index in [1.807, 2.05) is 6.07 Å². The summed E-state index contributed by atoms with van der Waals surface area (Å²) in [6.07, 6.45) is 3.44. The van der Waals surface area contributed by atoms with Crippen molar-refractivity contribution in [3.63, 3.8) is 0 Å². The molecule has 2 heterocycles. The van der Waals surface area contributed by atoms with E-state index >= 15 is 0 Å². The molecule has 0 unspecified atom stereocenters. The van der Waals surface area contributed by atoms with Gasteiger partial charge in [-0.1, -0.05) is 29.8 Å². The van der Waals surface area contributed by atoms with Crippen LogP contribution >= 0.6 is 35.1 Å². The van der Waals surface area contributed by atoms with Crippen molar-refractivity contribution < 1.29 is 19.5 Å². The van der Waals surface area contributed by atoms with Gasteiger partial charge in [0.2, 0.25) is 5.91 Å². The lowest BCUT2D eigenvalue weighted by molar-refractivity contribution is -0.160. The van der Waals surface area contributed by atoms with E-state index in [4.69, 9.17) is 11.6 Å². The number of thioether (sulfide) groups is 2. The first-order valence-electron chi connectivity index (χ1n) is 8.21. The summed E-state index contributed by atoms with van der Waals surface area (Å²) in [7, 11) is 0. The number of fused-ring (bicyclic) bond motifs is 1. The Morgan fingerprint density at radius 2 is 2.04 bits per heavy atom. The van der Waals surface area contributed by atoms with E-state index in [1.165, 1.54) is 28.4 Å². The molecular formula is C18H19ClN2O4S2. The number of carboxylic acids is 1. The van der Waals surface area contributed by atoms with Gasteiger partial charge in [-0.2, -0.15) is 0 Å². The fourth-order valence-electron chi connectivity index (χ4n) is 3.31. The molecule has 0 saturated carbocycles. The van der Waals surface area contributed by atoms with Gasteiger partial charge in [-0.3, -0.25) is 9.59 Å². The number of amides is 2. The van der Waals surface area contributed by atoms with E-state index in [2.05, 4.69) is 5.32 Å². The number of carbonyl (C=O) groups is 3. The molecule has 1 aromatic rings. The Labute approximate surface area is 170 Å². The third kappa shape index (κ3) is 3.58. The maximum Gasteiger partial charge on any atom is 0.327 e. The highest BCUT2D eigenvalue weighted by Crippen LogP contribution is 2.50. The van der Waals surface area contributed by atoms with Crippen molar-refractivity contribution in [3.8, 4) is 0 Å². The van der Waals surface area contributed by atoms with Crippen LogP contribution in [0.4, 0.5) is 0 Å². The predicted octanol–water partition coefficient (Wildman–Crippen LogP) is 2.68. The van der Waals surface area contributed by atoms with E-state index in [9.17, 15) is 19.5 Å². The van der Waals surface area contributed by atoms with Gasteiger partial charge in [0.05, 0.1) is 4.91 Å². The fraction of sp³-hybridized carbons (Fsp3) is 0.389. The highest BCUT2D eigenvalue weighted by Gasteiger charge is 2.64. The first-order valence-corrected chi connectivity index (χ1v) is 10.7. The molecule has 2 amide bonds. The molecule has 0 radical (unpaired) electrons. The zero-order valence-corrected chi connectivity index (χ0v) is 17.3. The smallest absolute Gasteiger partial charge is 0.327 e. The summed E-state index contributed by atoms with van der Waals surface area (Å²) >= 11 is 8.79. The van der Waals surface area contributed by atoms with Crippen LogP contribution in [0.25, 0.3) is 6.08 Å². The van der Waals surface area contributed by atoms with Gasteiger partial charge in [0, 0.05) is 9.77 Å². The Balaban J connectivity index is 1.76. The van der Waals surface area contributed by atoms with Crippen LogP contribution in [-0.2, 0) is 14.4 Å². The number of benzene rings is 1. The third-order valence-electron chi connectivity index (χ3n) is 4.60. The van der Waals surface area contributed by atoms with Gasteiger partial charge >= 0.3 is 5.97 Å². The average Bonchev–Trinajstić information content (AvgIpc) is 2.87. The van der Waals surface area contributed by atoms with Crippen molar-refractivity contribution in [2.24, 2.45) is 0 Å². The maximum atomic E-state index is 12.7. The number of hydrogen-bond donors (Lipinski definition) is 2. The van der Waals surface area contributed by atoms with Crippen LogP contribution in [0.1, 0.15) is 19.4 Å². The molecule has 3 rings (SSSR count). The monoisotopic (exact) mass is 426 g/mol. The van der Waals surface area contributed by atoms with E-state index in [0.717, 1.165) is 0 Å². The summed E-state index contributed by atoms with van der Waals surface area (Å²) in [5.74, 6) is -1.77. The number of carboxylic acid groups (broad SMARTS) is 1. The zero-order chi connectivity index (χ0) is 19.9. The van der Waals surface area contributed by atoms with Crippen molar-refractivity contribution >= 4 is 59.0 Å². The molecule has 2 aliphatic rings. The number of nitrogens with one attached hydrogen (secondary N) is 1. The summed E-state index contributed by atoms with van der Waals surface area (Å²) in [6.45, 7) is 3.59. The number of carbonyl (C=O) groups excluding carboxylic acids is 2. The molecule has 0 bridgehead atoms. The minimum atomic E-state index is -1.03. The highest BCUT2D eigenvalue weighted by molar-refractivity contribution is 8.03. The molecular weight excluding hydrogens is 408 g/mol. The van der Waals surface area contributed by atoms with Crippen molar-refractivity contribution in [3.05, 3.63) is 39.8 Å². The Morgan fingerprint density at radius 1 is 1.37 bits per heavy atom. The van der Waals surface area contributed by atoms with Gasteiger partial charge in [0.15, 0.2) is 0 Å². The quantitative estimate of drug-likeness (QED) is 0.556. The van der Waals surface area contributed by atoms with Crippen LogP contribution in [-0.4, -0.2) is 56.3 Å². The maximum absolute atomic E-state index is 12.7. The summed E-state index contributed by atoms with van der Waals surface area (Å²) in [4.78, 5) is 38.5. The van der Waals surface area contributed by atoms with Gasteiger partial charge in [0.1, 0.15) is 17.5 Å². The van der Waals surface area contributed by atoms with Crippen LogP contribution in [0.3, 0.4) is 0 Å². The van der Waals surface area contributed by atoms with Gasteiger partial charge in [-0.05, 0) is 37.8 Å².